The molecule has 0 fully saturated rings. The predicted octanol–water partition coefficient (Wildman–Crippen LogP) is 0.303. The van der Waals surface area contributed by atoms with Crippen LogP contribution >= 0.6 is 0 Å². The Morgan fingerprint density at radius 3 is 1.93 bits per heavy atom. The number of nitrogens with one attached hydrogen (secondary N) is 1. The van der Waals surface area contributed by atoms with Gasteiger partial charge in [-0.05, 0) is 13.8 Å². The molecule has 1 amide bonds. The van der Waals surface area contributed by atoms with Gasteiger partial charge in [0.25, 0.3) is 0 Å². The first-order valence-electron chi connectivity index (χ1n) is 4.59. The Hall–Kier alpha value is -0.850. The van der Waals surface area contributed by atoms with Crippen molar-refractivity contribution in [3.05, 3.63) is 0 Å². The lowest BCUT2D eigenvalue weighted by atomic mass is 10.4. The van der Waals surface area contributed by atoms with Gasteiger partial charge in [-0.3, -0.25) is 0 Å². The number of aliphatic hydroxyl groups excluding tert-OH is 1. The molecule has 0 saturated carbocycles. The second-order valence-corrected chi connectivity index (χ2v) is 3.11. The Morgan fingerprint density at radius 2 is 1.73 bits per heavy atom. The lowest BCUT2D eigenvalue weighted by Gasteiger charge is -2.08. The largest absolute Gasteiger partial charge is 0.465 e. The van der Waals surface area contributed by atoms with E-state index < -0.39 is 6.09 Å². The van der Waals surface area contributed by atoms with Gasteiger partial charge in [-0.15, -0.1) is 0 Å². The van der Waals surface area contributed by atoms with Crippen LogP contribution in [0.25, 0.3) is 0 Å². The second kappa shape index (κ2) is 11.2. The molecule has 15 heavy (non-hydrogen) atoms. The van der Waals surface area contributed by atoms with Crippen LogP contribution in [0.3, 0.4) is 0 Å². The van der Waals surface area contributed by atoms with Crippen molar-refractivity contribution in [2.75, 3.05) is 27.4 Å². The molecule has 0 aliphatic rings. The monoisotopic (exact) mass is 223 g/mol. The molecule has 0 aromatic heterocycles. The Kier molecular flexibility index (Phi) is 12.4. The highest BCUT2D eigenvalue weighted by Gasteiger charge is 2.02. The highest BCUT2D eigenvalue weighted by molar-refractivity contribution is 5.64. The number of carbonyl (C=O) groups is 1. The van der Waals surface area contributed by atoms with E-state index in [1.54, 1.807) is 21.0 Å². The van der Waals surface area contributed by atoms with Crippen molar-refractivity contribution >= 4 is 6.09 Å². The van der Waals surface area contributed by atoms with E-state index in [1.165, 1.54) is 7.11 Å². The average Bonchev–Trinajstić information content (AvgIpc) is 2.03. The van der Waals surface area contributed by atoms with E-state index in [1.807, 2.05) is 0 Å². The third kappa shape index (κ3) is 19.5. The highest BCUT2D eigenvalue weighted by atomic mass is 16.5. The van der Waals surface area contributed by atoms with Gasteiger partial charge in [0.15, 0.2) is 0 Å². The molecule has 0 aromatic carbocycles. The molecule has 0 radical (unpaired) electrons. The first kappa shape index (κ1) is 16.6. The van der Waals surface area contributed by atoms with Crippen molar-refractivity contribution in [3.63, 3.8) is 0 Å². The van der Waals surface area contributed by atoms with Gasteiger partial charge in [0, 0.05) is 14.2 Å². The Morgan fingerprint density at radius 1 is 1.27 bits per heavy atom. The van der Waals surface area contributed by atoms with Crippen molar-refractivity contribution in [1.29, 1.82) is 0 Å². The van der Waals surface area contributed by atoms with Crippen molar-refractivity contribution in [2.45, 2.75) is 26.0 Å². The van der Waals surface area contributed by atoms with Crippen LogP contribution in [0.1, 0.15) is 13.8 Å². The summed E-state index contributed by atoms with van der Waals surface area (Å²) < 4.78 is 9.23. The van der Waals surface area contributed by atoms with Gasteiger partial charge >= 0.3 is 6.09 Å². The van der Waals surface area contributed by atoms with E-state index in [0.717, 1.165) is 0 Å². The molecule has 0 rings (SSSR count). The topological polar surface area (TPSA) is 88.0 Å². The third-order valence-electron chi connectivity index (χ3n) is 1.19. The highest BCUT2D eigenvalue weighted by Crippen LogP contribution is 1.80. The SMILES string of the molecule is COCC(C)NC(=O)O.COCC(C)O. The normalized spacial score (nSPS) is 13.4. The van der Waals surface area contributed by atoms with Gasteiger partial charge in [0.1, 0.15) is 0 Å². The first-order valence-corrected chi connectivity index (χ1v) is 4.59. The summed E-state index contributed by atoms with van der Waals surface area (Å²) in [6.07, 6.45) is -1.34. The van der Waals surface area contributed by atoms with Gasteiger partial charge in [-0.25, -0.2) is 4.79 Å². The summed E-state index contributed by atoms with van der Waals surface area (Å²) in [6.45, 7) is 4.26. The number of carboxylic acid groups (broad SMARTS) is 1. The summed E-state index contributed by atoms with van der Waals surface area (Å²) in [4.78, 5) is 9.92. The van der Waals surface area contributed by atoms with Gasteiger partial charge in [-0.2, -0.15) is 0 Å². The summed E-state index contributed by atoms with van der Waals surface area (Å²) in [7, 11) is 3.09. The van der Waals surface area contributed by atoms with Crippen LogP contribution in [0.15, 0.2) is 0 Å². The van der Waals surface area contributed by atoms with Crippen LogP contribution in [0.5, 0.6) is 0 Å². The average molecular weight is 223 g/mol. The molecular formula is C9H21NO5. The predicted molar refractivity (Wildman–Crippen MR) is 56.1 cm³/mol. The maximum Gasteiger partial charge on any atom is 0.404 e. The summed E-state index contributed by atoms with van der Waals surface area (Å²) in [6, 6.07) is -0.132. The maximum absolute atomic E-state index is 9.92. The third-order valence-corrected chi connectivity index (χ3v) is 1.19. The van der Waals surface area contributed by atoms with Crippen LogP contribution < -0.4 is 5.32 Å². The molecule has 92 valence electrons. The molecule has 0 heterocycles. The quantitative estimate of drug-likeness (QED) is 0.624. The number of ether oxygens (including phenoxy) is 2. The number of rotatable bonds is 5. The fraction of sp³-hybridized carbons (Fsp3) is 0.889. The standard InChI is InChI=1S/C5H11NO3.C4H10O2/c1-4(3-9-2)6-5(7)8;1-4(5)3-6-2/h4,6H,3H2,1-2H3,(H,7,8);4-5H,3H2,1-2H3. The van der Waals surface area contributed by atoms with Crippen molar-refractivity contribution < 1.29 is 24.5 Å². The molecule has 0 bridgehead atoms. The smallest absolute Gasteiger partial charge is 0.404 e. The summed E-state index contributed by atoms with van der Waals surface area (Å²) in [5.41, 5.74) is 0. The van der Waals surface area contributed by atoms with Gasteiger partial charge < -0.3 is 25.0 Å². The van der Waals surface area contributed by atoms with Crippen LogP contribution in [-0.4, -0.2) is 55.9 Å². The number of amides is 1. The van der Waals surface area contributed by atoms with Crippen LogP contribution in [0, 0.1) is 0 Å². The Bertz CT molecular complexity index is 151. The number of hydrogen-bond donors (Lipinski definition) is 3. The minimum atomic E-state index is -1.01. The minimum Gasteiger partial charge on any atom is -0.465 e. The van der Waals surface area contributed by atoms with Gasteiger partial charge in [0.2, 0.25) is 0 Å². The van der Waals surface area contributed by atoms with Gasteiger partial charge in [0.05, 0.1) is 25.4 Å². The molecule has 0 aliphatic carbocycles. The molecule has 3 N–H and O–H groups in total. The molecule has 0 aromatic rings. The molecule has 2 unspecified atom stereocenters. The molecular weight excluding hydrogens is 202 g/mol. The van der Waals surface area contributed by atoms with E-state index in [-0.39, 0.29) is 12.1 Å². The maximum atomic E-state index is 9.92. The fourth-order valence-electron chi connectivity index (χ4n) is 0.744. The lowest BCUT2D eigenvalue weighted by Crippen LogP contribution is -2.34. The van der Waals surface area contributed by atoms with E-state index in [2.05, 4.69) is 14.8 Å². The van der Waals surface area contributed by atoms with E-state index in [4.69, 9.17) is 10.2 Å². The zero-order valence-electron chi connectivity index (χ0n) is 9.69. The molecule has 6 nitrogen and oxygen atoms in total. The molecule has 0 saturated heterocycles. The first-order chi connectivity index (χ1) is 6.93. The number of methoxy groups -OCH3 is 2. The summed E-state index contributed by atoms with van der Waals surface area (Å²) >= 11 is 0. The van der Waals surface area contributed by atoms with Crippen LogP contribution in [0.4, 0.5) is 4.79 Å². The van der Waals surface area contributed by atoms with E-state index in [9.17, 15) is 4.79 Å². The fourth-order valence-corrected chi connectivity index (χ4v) is 0.744. The molecule has 0 spiro atoms. The lowest BCUT2D eigenvalue weighted by molar-refractivity contribution is 0.0765. The van der Waals surface area contributed by atoms with E-state index >= 15 is 0 Å². The van der Waals surface area contributed by atoms with Crippen molar-refractivity contribution in [1.82, 2.24) is 5.32 Å². The Labute approximate surface area is 90.2 Å². The molecule has 2 atom stereocenters. The molecule has 0 aliphatic heterocycles. The van der Waals surface area contributed by atoms with Crippen molar-refractivity contribution in [2.24, 2.45) is 0 Å². The van der Waals surface area contributed by atoms with Gasteiger partial charge in [-0.1, -0.05) is 0 Å². The number of aliphatic hydroxyl groups is 1. The zero-order valence-corrected chi connectivity index (χ0v) is 9.69. The second-order valence-electron chi connectivity index (χ2n) is 3.11. The van der Waals surface area contributed by atoms with Crippen molar-refractivity contribution in [3.8, 4) is 0 Å². The van der Waals surface area contributed by atoms with E-state index in [0.29, 0.717) is 13.2 Å². The number of hydrogen-bond acceptors (Lipinski definition) is 4. The van der Waals surface area contributed by atoms with Crippen LogP contribution in [-0.2, 0) is 9.47 Å². The van der Waals surface area contributed by atoms with Crippen LogP contribution in [0.2, 0.25) is 0 Å². The molecule has 6 heteroatoms. The Balaban J connectivity index is 0. The zero-order chi connectivity index (χ0) is 12.3. The minimum absolute atomic E-state index is 0.132. The summed E-state index contributed by atoms with van der Waals surface area (Å²) in [5, 5.41) is 18.8. The summed E-state index contributed by atoms with van der Waals surface area (Å²) in [5.74, 6) is 0.